The zero-order chi connectivity index (χ0) is 15.1. The lowest BCUT2D eigenvalue weighted by atomic mass is 10.1. The van der Waals surface area contributed by atoms with Crippen LogP contribution < -0.4 is 10.1 Å². The number of para-hydroxylation sites is 1. The second kappa shape index (κ2) is 8.62. The number of rotatable bonds is 6. The summed E-state index contributed by atoms with van der Waals surface area (Å²) in [5.41, 5.74) is 1.06. The van der Waals surface area contributed by atoms with Gasteiger partial charge < -0.3 is 15.2 Å². The van der Waals surface area contributed by atoms with Crippen LogP contribution in [0.5, 0.6) is 5.75 Å². The van der Waals surface area contributed by atoms with Crippen LogP contribution in [-0.4, -0.2) is 23.9 Å². The molecule has 2 atom stereocenters. The summed E-state index contributed by atoms with van der Waals surface area (Å²) < 4.78 is 6.12. The van der Waals surface area contributed by atoms with E-state index in [0.29, 0.717) is 5.02 Å². The van der Waals surface area contributed by atoms with Gasteiger partial charge in [0.2, 0.25) is 0 Å². The van der Waals surface area contributed by atoms with Crippen molar-refractivity contribution in [3.8, 4) is 5.75 Å². The molecule has 1 aliphatic rings. The van der Waals surface area contributed by atoms with Gasteiger partial charge in [0.1, 0.15) is 11.9 Å². The molecule has 0 saturated heterocycles. The van der Waals surface area contributed by atoms with Crippen molar-refractivity contribution < 1.29 is 9.84 Å². The van der Waals surface area contributed by atoms with E-state index in [1.807, 2.05) is 18.2 Å². The highest BCUT2D eigenvalue weighted by Gasteiger charge is 2.24. The van der Waals surface area contributed by atoms with Gasteiger partial charge in [0.25, 0.3) is 0 Å². The molecule has 0 aliphatic heterocycles. The lowest BCUT2D eigenvalue weighted by Gasteiger charge is -2.24. The molecule has 0 heterocycles. The van der Waals surface area contributed by atoms with Crippen molar-refractivity contribution in [2.24, 2.45) is 0 Å². The van der Waals surface area contributed by atoms with Crippen LogP contribution in [0.4, 0.5) is 0 Å². The third-order valence-corrected chi connectivity index (χ3v) is 4.28. The molecule has 1 aliphatic carbocycles. The van der Waals surface area contributed by atoms with Gasteiger partial charge in [0.15, 0.2) is 0 Å². The maximum absolute atomic E-state index is 10.2. The zero-order valence-corrected chi connectivity index (χ0v) is 13.5. The number of halogens is 1. The van der Waals surface area contributed by atoms with Gasteiger partial charge in [-0.15, -0.1) is 0 Å². The fourth-order valence-electron chi connectivity index (χ4n) is 2.77. The van der Waals surface area contributed by atoms with E-state index in [0.717, 1.165) is 56.5 Å². The summed E-state index contributed by atoms with van der Waals surface area (Å²) in [5, 5.41) is 14.2. The predicted molar refractivity (Wildman–Crippen MR) is 87.0 cm³/mol. The molecule has 1 aromatic rings. The average molecular weight is 312 g/mol. The van der Waals surface area contributed by atoms with E-state index < -0.39 is 0 Å². The highest BCUT2D eigenvalue weighted by atomic mass is 35.5. The molecule has 0 aromatic heterocycles. The number of hydrogen-bond donors (Lipinski definition) is 2. The predicted octanol–water partition coefficient (Wildman–Crippen LogP) is 3.91. The SMILES string of the molecule is CCCNCc1cccc(Cl)c1OC1CCCCCC1O. The van der Waals surface area contributed by atoms with Gasteiger partial charge in [-0.25, -0.2) is 0 Å². The second-order valence-electron chi connectivity index (χ2n) is 5.77. The minimum atomic E-state index is -0.389. The first-order chi connectivity index (χ1) is 10.2. The van der Waals surface area contributed by atoms with Gasteiger partial charge in [-0.2, -0.15) is 0 Å². The number of ether oxygens (including phenoxy) is 1. The Balaban J connectivity index is 2.09. The first-order valence-electron chi connectivity index (χ1n) is 8.05. The van der Waals surface area contributed by atoms with Gasteiger partial charge in [0.05, 0.1) is 11.1 Å². The van der Waals surface area contributed by atoms with Gasteiger partial charge in [-0.3, -0.25) is 0 Å². The lowest BCUT2D eigenvalue weighted by molar-refractivity contribution is 0.0314. The summed E-state index contributed by atoms with van der Waals surface area (Å²) in [5.74, 6) is 0.730. The van der Waals surface area contributed by atoms with Gasteiger partial charge in [-0.05, 0) is 38.3 Å². The third kappa shape index (κ3) is 4.87. The van der Waals surface area contributed by atoms with Crippen molar-refractivity contribution in [3.05, 3.63) is 28.8 Å². The first-order valence-corrected chi connectivity index (χ1v) is 8.43. The van der Waals surface area contributed by atoms with E-state index in [2.05, 4.69) is 12.2 Å². The Labute approximate surface area is 132 Å². The summed E-state index contributed by atoms with van der Waals surface area (Å²) in [4.78, 5) is 0. The maximum Gasteiger partial charge on any atom is 0.142 e. The molecule has 0 radical (unpaired) electrons. The minimum absolute atomic E-state index is 0.141. The average Bonchev–Trinajstić information content (AvgIpc) is 2.67. The maximum atomic E-state index is 10.2. The van der Waals surface area contributed by atoms with Crippen LogP contribution >= 0.6 is 11.6 Å². The Hall–Kier alpha value is -0.770. The summed E-state index contributed by atoms with van der Waals surface area (Å²) >= 11 is 6.32. The number of hydrogen-bond acceptors (Lipinski definition) is 3. The second-order valence-corrected chi connectivity index (χ2v) is 6.17. The Kier molecular flexibility index (Phi) is 6.81. The molecule has 4 heteroatoms. The normalized spacial score (nSPS) is 22.8. The highest BCUT2D eigenvalue weighted by molar-refractivity contribution is 6.32. The van der Waals surface area contributed by atoms with Crippen molar-refractivity contribution in [2.45, 2.75) is 64.2 Å². The van der Waals surface area contributed by atoms with E-state index in [1.54, 1.807) is 0 Å². The Morgan fingerprint density at radius 3 is 2.90 bits per heavy atom. The van der Waals surface area contributed by atoms with Crippen LogP contribution in [0.1, 0.15) is 51.0 Å². The molecular formula is C17H26ClNO2. The molecule has 118 valence electrons. The standard InChI is InChI=1S/C17H26ClNO2/c1-2-11-19-12-13-7-6-8-14(18)17(13)21-16-10-5-3-4-9-15(16)20/h6-8,15-16,19-20H,2-5,9-12H2,1H3. The summed E-state index contributed by atoms with van der Waals surface area (Å²) in [6.07, 6.45) is 5.64. The fraction of sp³-hybridized carbons (Fsp3) is 0.647. The number of aliphatic hydroxyl groups excluding tert-OH is 1. The molecule has 3 nitrogen and oxygen atoms in total. The Bertz CT molecular complexity index is 439. The molecular weight excluding hydrogens is 286 g/mol. The molecule has 2 rings (SSSR count). The quantitative estimate of drug-likeness (QED) is 0.618. The van der Waals surface area contributed by atoms with E-state index in [-0.39, 0.29) is 12.2 Å². The lowest BCUT2D eigenvalue weighted by Crippen LogP contribution is -2.31. The largest absolute Gasteiger partial charge is 0.486 e. The van der Waals surface area contributed by atoms with Crippen LogP contribution in [0.2, 0.25) is 5.02 Å². The fourth-order valence-corrected chi connectivity index (χ4v) is 3.01. The number of nitrogens with one attached hydrogen (secondary N) is 1. The van der Waals surface area contributed by atoms with Crippen LogP contribution in [-0.2, 0) is 6.54 Å². The minimum Gasteiger partial charge on any atom is -0.486 e. The molecule has 0 bridgehead atoms. The molecule has 21 heavy (non-hydrogen) atoms. The highest BCUT2D eigenvalue weighted by Crippen LogP contribution is 2.32. The van der Waals surface area contributed by atoms with E-state index in [4.69, 9.17) is 16.3 Å². The van der Waals surface area contributed by atoms with Crippen molar-refractivity contribution in [2.75, 3.05) is 6.54 Å². The summed E-state index contributed by atoms with van der Waals surface area (Å²) in [7, 11) is 0. The van der Waals surface area contributed by atoms with Crippen molar-refractivity contribution in [1.82, 2.24) is 5.32 Å². The Morgan fingerprint density at radius 2 is 2.10 bits per heavy atom. The summed E-state index contributed by atoms with van der Waals surface area (Å²) in [6.45, 7) is 3.86. The molecule has 1 saturated carbocycles. The number of aliphatic hydroxyl groups is 1. The van der Waals surface area contributed by atoms with Crippen molar-refractivity contribution >= 4 is 11.6 Å². The molecule has 1 fully saturated rings. The zero-order valence-electron chi connectivity index (χ0n) is 12.8. The van der Waals surface area contributed by atoms with Gasteiger partial charge >= 0.3 is 0 Å². The monoisotopic (exact) mass is 311 g/mol. The van der Waals surface area contributed by atoms with E-state index in [9.17, 15) is 5.11 Å². The topological polar surface area (TPSA) is 41.5 Å². The first kappa shape index (κ1) is 16.6. The van der Waals surface area contributed by atoms with Crippen LogP contribution in [0.3, 0.4) is 0 Å². The van der Waals surface area contributed by atoms with Crippen molar-refractivity contribution in [1.29, 1.82) is 0 Å². The van der Waals surface area contributed by atoms with Crippen LogP contribution in [0, 0.1) is 0 Å². The Morgan fingerprint density at radius 1 is 1.29 bits per heavy atom. The molecule has 0 amide bonds. The van der Waals surface area contributed by atoms with Crippen LogP contribution in [0.25, 0.3) is 0 Å². The van der Waals surface area contributed by atoms with Gasteiger partial charge in [0, 0.05) is 12.1 Å². The van der Waals surface area contributed by atoms with Crippen LogP contribution in [0.15, 0.2) is 18.2 Å². The molecule has 2 unspecified atom stereocenters. The number of benzene rings is 1. The third-order valence-electron chi connectivity index (χ3n) is 3.98. The molecule has 0 spiro atoms. The van der Waals surface area contributed by atoms with Gasteiger partial charge in [-0.1, -0.05) is 43.5 Å². The van der Waals surface area contributed by atoms with Crippen molar-refractivity contribution in [3.63, 3.8) is 0 Å². The molecule has 1 aromatic carbocycles. The summed E-state index contributed by atoms with van der Waals surface area (Å²) in [6, 6.07) is 5.83. The van der Waals surface area contributed by atoms with E-state index >= 15 is 0 Å². The smallest absolute Gasteiger partial charge is 0.142 e. The molecule has 2 N–H and O–H groups in total. The van der Waals surface area contributed by atoms with E-state index in [1.165, 1.54) is 6.42 Å².